The fraction of sp³-hybridized carbons (Fsp3) is 0.833. The number of carboxylic acids is 1. The number of ether oxygens (including phenoxy) is 1. The predicted octanol–water partition coefficient (Wildman–Crippen LogP) is 1.13. The third-order valence-corrected chi connectivity index (χ3v) is 2.36. The van der Waals surface area contributed by atoms with Crippen molar-refractivity contribution in [3.63, 3.8) is 0 Å². The van der Waals surface area contributed by atoms with E-state index in [1.807, 2.05) is 6.92 Å². The van der Waals surface area contributed by atoms with Gasteiger partial charge in [-0.15, -0.1) is 0 Å². The molecule has 0 saturated carbocycles. The van der Waals surface area contributed by atoms with Gasteiger partial charge in [0, 0.05) is 0 Å². The van der Waals surface area contributed by atoms with Crippen molar-refractivity contribution in [2.24, 2.45) is 5.92 Å². The molecule has 1 unspecified atom stereocenters. The molecular weight excluding hydrogens is 222 g/mol. The summed E-state index contributed by atoms with van der Waals surface area (Å²) >= 11 is 0. The molecule has 0 aliphatic carbocycles. The van der Waals surface area contributed by atoms with Crippen molar-refractivity contribution in [3.05, 3.63) is 0 Å². The Bertz CT molecular complexity index is 355. The topological polar surface area (TPSA) is 63.6 Å². The molecule has 5 heteroatoms. The number of hydrogen-bond acceptors (Lipinski definition) is 3. The molecule has 0 aromatic heterocycles. The van der Waals surface area contributed by atoms with Crippen LogP contribution in [0.1, 0.15) is 30.8 Å². The van der Waals surface area contributed by atoms with E-state index in [0.717, 1.165) is 0 Å². The van der Waals surface area contributed by atoms with E-state index in [9.17, 15) is 9.59 Å². The smallest absolute Gasteiger partial charge is 0.309 e. The summed E-state index contributed by atoms with van der Waals surface area (Å²) in [5.41, 5.74) is 0. The van der Waals surface area contributed by atoms with E-state index in [4.69, 9.17) is 14.0 Å². The highest BCUT2D eigenvalue weighted by Gasteiger charge is 2.26. The molecule has 100 valence electrons. The van der Waals surface area contributed by atoms with Crippen molar-refractivity contribution in [1.82, 2.24) is 0 Å². The number of aliphatic carboxylic acids is 1. The van der Waals surface area contributed by atoms with Crippen LogP contribution in [-0.4, -0.2) is 55.2 Å². The second-order valence-electron chi connectivity index (χ2n) is 4.83. The lowest BCUT2D eigenvalue weighted by molar-refractivity contribution is -0.873. The van der Waals surface area contributed by atoms with Gasteiger partial charge in [0.2, 0.25) is 0 Å². The second kappa shape index (κ2) is 6.59. The first-order chi connectivity index (χ1) is 8.90. The number of esters is 1. The van der Waals surface area contributed by atoms with E-state index in [0.29, 0.717) is 6.42 Å². The Balaban J connectivity index is 4.91. The van der Waals surface area contributed by atoms with Crippen molar-refractivity contribution >= 4 is 11.9 Å². The minimum absolute atomic E-state index is 0.0784. The number of hydrogen-bond donors (Lipinski definition) is 1. The van der Waals surface area contributed by atoms with Gasteiger partial charge in [0.15, 0.2) is 6.10 Å². The summed E-state index contributed by atoms with van der Waals surface area (Å²) in [6, 6.07) is 0. The number of quaternary nitrogens is 1. The van der Waals surface area contributed by atoms with Crippen molar-refractivity contribution < 1.29 is 28.0 Å². The molecule has 17 heavy (non-hydrogen) atoms. The highest BCUT2D eigenvalue weighted by Crippen LogP contribution is 2.10. The van der Waals surface area contributed by atoms with Gasteiger partial charge in [0.05, 0.1) is 37.5 Å². The van der Waals surface area contributed by atoms with E-state index < -0.39 is 35.9 Å². The van der Waals surface area contributed by atoms with Gasteiger partial charge in [-0.2, -0.15) is 0 Å². The molecule has 0 aromatic rings. The summed E-state index contributed by atoms with van der Waals surface area (Å²) in [6.07, 6.45) is -0.778. The molecule has 0 aliphatic heterocycles. The molecule has 0 fully saturated rings. The third kappa shape index (κ3) is 7.74. The quantitative estimate of drug-likeness (QED) is 0.542. The largest absolute Gasteiger partial charge is 0.481 e. The van der Waals surface area contributed by atoms with Gasteiger partial charge in [0.1, 0.15) is 6.54 Å². The van der Waals surface area contributed by atoms with Crippen molar-refractivity contribution in [2.45, 2.75) is 32.8 Å². The van der Waals surface area contributed by atoms with Crippen LogP contribution < -0.4 is 0 Å². The lowest BCUT2D eigenvalue weighted by Crippen LogP contribution is -2.44. The highest BCUT2D eigenvalue weighted by molar-refractivity contribution is 5.73. The van der Waals surface area contributed by atoms with Gasteiger partial charge in [-0.1, -0.05) is 13.8 Å². The summed E-state index contributed by atoms with van der Waals surface area (Å²) in [7, 11) is 2.91. The molecule has 0 rings (SSSR count). The van der Waals surface area contributed by atoms with Gasteiger partial charge in [0.25, 0.3) is 0 Å². The molecule has 1 N–H and O–H groups in total. The van der Waals surface area contributed by atoms with Gasteiger partial charge >= 0.3 is 11.9 Å². The maximum Gasteiger partial charge on any atom is 0.309 e. The maximum absolute atomic E-state index is 11.7. The Morgan fingerprint density at radius 2 is 2.06 bits per heavy atom. The second-order valence-corrected chi connectivity index (χ2v) is 4.83. The average molecular weight is 249 g/mol. The summed E-state index contributed by atoms with van der Waals surface area (Å²) in [4.78, 5) is 22.6. The zero-order valence-corrected chi connectivity index (χ0v) is 10.9. The monoisotopic (exact) mass is 249 g/mol. The van der Waals surface area contributed by atoms with Gasteiger partial charge in [-0.05, 0) is 6.42 Å². The van der Waals surface area contributed by atoms with Crippen molar-refractivity contribution in [3.8, 4) is 0 Å². The molecule has 0 saturated heterocycles. The highest BCUT2D eigenvalue weighted by atomic mass is 16.5. The molecule has 0 aliphatic rings. The maximum atomic E-state index is 11.7. The first kappa shape index (κ1) is 11.0. The fourth-order valence-corrected chi connectivity index (χ4v) is 1.29. The normalized spacial score (nSPS) is 18.5. The van der Waals surface area contributed by atoms with Crippen LogP contribution in [0.4, 0.5) is 0 Å². The van der Waals surface area contributed by atoms with Crippen LogP contribution in [0.25, 0.3) is 0 Å². The third-order valence-electron chi connectivity index (χ3n) is 2.36. The van der Waals surface area contributed by atoms with Crippen LogP contribution in [0, 0.1) is 5.92 Å². The van der Waals surface area contributed by atoms with Crippen LogP contribution in [0.3, 0.4) is 0 Å². The summed E-state index contributed by atoms with van der Waals surface area (Å²) in [5.74, 6) is -1.96. The Morgan fingerprint density at radius 1 is 1.47 bits per heavy atom. The molecule has 5 nitrogen and oxygen atoms in total. The number of rotatable bonds is 7. The predicted molar refractivity (Wildman–Crippen MR) is 64.5 cm³/mol. The van der Waals surface area contributed by atoms with E-state index >= 15 is 0 Å². The number of carboxylic acid groups (broad SMARTS) is 1. The minimum atomic E-state index is -2.31. The molecular formula is C12H24NO4+. The summed E-state index contributed by atoms with van der Waals surface area (Å²) in [6.45, 7) is 1.12. The molecule has 0 radical (unpaired) electrons. The number of carbonyl (C=O) groups is 2. The number of carbonyl (C=O) groups excluding carboxylic acids is 1. The van der Waals surface area contributed by atoms with E-state index in [1.165, 1.54) is 14.1 Å². The first-order valence-corrected chi connectivity index (χ1v) is 5.66. The van der Waals surface area contributed by atoms with E-state index in [1.54, 1.807) is 6.92 Å². The zero-order chi connectivity index (χ0) is 16.1. The van der Waals surface area contributed by atoms with Crippen molar-refractivity contribution in [1.29, 1.82) is 0 Å². The molecule has 0 heterocycles. The molecule has 0 aromatic carbocycles. The lowest BCUT2D eigenvalue weighted by Gasteiger charge is -2.28. The SMILES string of the molecule is [2H]C([2H])([2H])[N+](C)(C)C[C@@H](CC(=O)O)OC(=O)C(C)CC. The average Bonchev–Trinajstić information content (AvgIpc) is 2.24. The Kier molecular flexibility index (Phi) is 4.27. The lowest BCUT2D eigenvalue weighted by atomic mass is 10.1. The molecule has 0 spiro atoms. The minimum Gasteiger partial charge on any atom is -0.481 e. The van der Waals surface area contributed by atoms with E-state index in [-0.39, 0.29) is 12.5 Å². The first-order valence-electron chi connectivity index (χ1n) is 7.16. The van der Waals surface area contributed by atoms with Crippen LogP contribution in [0.5, 0.6) is 0 Å². The van der Waals surface area contributed by atoms with Gasteiger partial charge in [-0.3, -0.25) is 9.59 Å². The van der Waals surface area contributed by atoms with Crippen LogP contribution in [0.2, 0.25) is 0 Å². The fourth-order valence-electron chi connectivity index (χ4n) is 1.29. The molecule has 0 amide bonds. The molecule has 0 bridgehead atoms. The standard InChI is InChI=1S/C12H23NO4/c1-6-9(2)12(16)17-10(7-11(14)15)8-13(3,4)5/h9-10H,6-8H2,1-5H3/p+1/t9?,10-/m1/s1/i3D3. The summed E-state index contributed by atoms with van der Waals surface area (Å²) in [5, 5.41) is 8.85. The number of likely N-dealkylation sites (N-methyl/N-ethyl adjacent to an activating group) is 1. The summed E-state index contributed by atoms with van der Waals surface area (Å²) < 4.78 is 27.0. The Labute approximate surface area is 107 Å². The van der Waals surface area contributed by atoms with Crippen molar-refractivity contribution in [2.75, 3.05) is 27.6 Å². The van der Waals surface area contributed by atoms with E-state index in [2.05, 4.69) is 0 Å². The molecule has 2 atom stereocenters. The van der Waals surface area contributed by atoms with Gasteiger partial charge < -0.3 is 14.3 Å². The Morgan fingerprint density at radius 3 is 2.47 bits per heavy atom. The zero-order valence-electron chi connectivity index (χ0n) is 13.9. The van der Waals surface area contributed by atoms with Gasteiger partial charge in [-0.25, -0.2) is 0 Å². The van der Waals surface area contributed by atoms with Crippen LogP contribution in [-0.2, 0) is 14.3 Å². The number of nitrogens with zero attached hydrogens (tertiary/aromatic N) is 1. The Hall–Kier alpha value is -1.10. The van der Waals surface area contributed by atoms with Crippen LogP contribution >= 0.6 is 0 Å². The van der Waals surface area contributed by atoms with Crippen LogP contribution in [0.15, 0.2) is 0 Å².